The van der Waals surface area contributed by atoms with Crippen molar-refractivity contribution in [1.82, 2.24) is 0 Å². The maximum Gasteiger partial charge on any atom is 0.229 e. The van der Waals surface area contributed by atoms with Gasteiger partial charge in [0.1, 0.15) is 41.7 Å². The smallest absolute Gasteiger partial charge is 0.229 e. The van der Waals surface area contributed by atoms with E-state index in [4.69, 9.17) is 14.2 Å². The number of hydrogen-bond donors (Lipinski definition) is 5. The number of phenolic OH excluding ortho intramolecular Hbond substituents is 1. The van der Waals surface area contributed by atoms with Crippen LogP contribution in [0.1, 0.15) is 27.9 Å². The Balaban J connectivity index is 1.58. The van der Waals surface area contributed by atoms with E-state index in [2.05, 4.69) is 0 Å². The zero-order chi connectivity index (χ0) is 29.3. The lowest BCUT2D eigenvalue weighted by Gasteiger charge is -2.43. The standard InChI is InChI=1S/C30H34O9S2/c1-15-10-17-12-19(37-2)13-21-23(17)25(33)22(15)20(31)8-9-40-41-14-18(11-16-6-4-3-5-7-16)24(32)29-27(35)26(34)28(36)30(38-21)39-29/h3-7,10,12-13,18,24,26-30,32-36H,8-9,11,14H2,1-2H3/t18-,24-,26+,27+,28-,29-,30+/m1/s1. The van der Waals surface area contributed by atoms with Gasteiger partial charge >= 0.3 is 0 Å². The summed E-state index contributed by atoms with van der Waals surface area (Å²) in [7, 11) is 4.44. The minimum Gasteiger partial charge on any atom is -0.506 e. The van der Waals surface area contributed by atoms with Crippen LogP contribution in [0.5, 0.6) is 17.2 Å². The van der Waals surface area contributed by atoms with Gasteiger partial charge in [-0.05, 0) is 35.9 Å². The van der Waals surface area contributed by atoms with Gasteiger partial charge < -0.3 is 39.7 Å². The van der Waals surface area contributed by atoms with E-state index in [0.717, 1.165) is 5.56 Å². The molecule has 1 fully saturated rings. The van der Waals surface area contributed by atoms with Crippen molar-refractivity contribution in [1.29, 1.82) is 0 Å². The van der Waals surface area contributed by atoms with Gasteiger partial charge in [0.2, 0.25) is 6.29 Å². The van der Waals surface area contributed by atoms with E-state index in [9.17, 15) is 30.3 Å². The van der Waals surface area contributed by atoms with Gasteiger partial charge in [-0.3, -0.25) is 4.79 Å². The number of carbonyl (C=O) groups is 1. The van der Waals surface area contributed by atoms with Crippen LogP contribution in [0.15, 0.2) is 48.5 Å². The first-order valence-electron chi connectivity index (χ1n) is 13.4. The zero-order valence-corrected chi connectivity index (χ0v) is 24.3. The van der Waals surface area contributed by atoms with Crippen LogP contribution in [0, 0.1) is 12.8 Å². The van der Waals surface area contributed by atoms with Crippen molar-refractivity contribution in [2.75, 3.05) is 18.6 Å². The van der Waals surface area contributed by atoms with Gasteiger partial charge in [-0.15, -0.1) is 0 Å². The third-order valence-electron chi connectivity index (χ3n) is 7.65. The maximum atomic E-state index is 13.3. The monoisotopic (exact) mass is 602 g/mol. The van der Waals surface area contributed by atoms with Gasteiger partial charge in [0, 0.05) is 29.9 Å². The summed E-state index contributed by atoms with van der Waals surface area (Å²) in [5, 5.41) is 56.1. The molecule has 0 saturated carbocycles. The van der Waals surface area contributed by atoms with Crippen LogP contribution in [0.4, 0.5) is 0 Å². The van der Waals surface area contributed by atoms with Crippen molar-refractivity contribution in [3.63, 3.8) is 0 Å². The van der Waals surface area contributed by atoms with Crippen molar-refractivity contribution >= 4 is 38.1 Å². The summed E-state index contributed by atoms with van der Waals surface area (Å²) in [5.74, 6) is 0.486. The third-order valence-corrected chi connectivity index (χ3v) is 10.2. The van der Waals surface area contributed by atoms with Gasteiger partial charge in [0.25, 0.3) is 0 Å². The van der Waals surface area contributed by atoms with E-state index in [0.29, 0.717) is 34.6 Å². The summed E-state index contributed by atoms with van der Waals surface area (Å²) in [5.41, 5.74) is 1.76. The fourth-order valence-electron chi connectivity index (χ4n) is 5.45. The van der Waals surface area contributed by atoms with Crippen LogP contribution >= 0.6 is 21.6 Å². The van der Waals surface area contributed by atoms with Crippen LogP contribution in [0.25, 0.3) is 10.8 Å². The number of carbonyl (C=O) groups excluding carboxylic acids is 1. The van der Waals surface area contributed by atoms with Crippen molar-refractivity contribution in [3.8, 4) is 17.2 Å². The topological polar surface area (TPSA) is 146 Å². The number of aromatic hydroxyl groups is 1. The number of aryl methyl sites for hydroxylation is 1. The molecule has 2 heterocycles. The molecule has 9 nitrogen and oxygen atoms in total. The molecule has 11 heteroatoms. The van der Waals surface area contributed by atoms with Crippen LogP contribution in [-0.2, 0) is 11.2 Å². The van der Waals surface area contributed by atoms with Gasteiger partial charge in [-0.1, -0.05) is 58.0 Å². The third kappa shape index (κ3) is 6.17. The number of fused-ring (bicyclic) bond motifs is 3. The molecule has 5 N–H and O–H groups in total. The molecule has 7 atom stereocenters. The minimum atomic E-state index is -1.68. The summed E-state index contributed by atoms with van der Waals surface area (Å²) in [6, 6.07) is 14.5. The molecule has 0 amide bonds. The van der Waals surface area contributed by atoms with E-state index < -0.39 is 42.7 Å². The van der Waals surface area contributed by atoms with Crippen molar-refractivity contribution in [3.05, 3.63) is 65.2 Å². The van der Waals surface area contributed by atoms with Gasteiger partial charge in [-0.25, -0.2) is 0 Å². The Morgan fingerprint density at radius 3 is 2.46 bits per heavy atom. The highest BCUT2D eigenvalue weighted by Gasteiger charge is 2.49. The van der Waals surface area contributed by atoms with Gasteiger partial charge in [0.15, 0.2) is 5.78 Å². The first-order valence-corrected chi connectivity index (χ1v) is 15.9. The first-order chi connectivity index (χ1) is 19.7. The molecule has 5 rings (SSSR count). The molecule has 0 aromatic heterocycles. The predicted molar refractivity (Wildman–Crippen MR) is 158 cm³/mol. The molecule has 41 heavy (non-hydrogen) atoms. The minimum absolute atomic E-state index is 0.0460. The summed E-state index contributed by atoms with van der Waals surface area (Å²) >= 11 is 0. The molecule has 0 radical (unpaired) electrons. The second-order valence-corrected chi connectivity index (χ2v) is 13.0. The summed E-state index contributed by atoms with van der Waals surface area (Å²) < 4.78 is 17.5. The van der Waals surface area contributed by atoms with E-state index >= 15 is 0 Å². The number of ether oxygens (including phenoxy) is 3. The largest absolute Gasteiger partial charge is 0.506 e. The van der Waals surface area contributed by atoms with Crippen molar-refractivity contribution in [2.24, 2.45) is 5.92 Å². The highest BCUT2D eigenvalue weighted by Crippen LogP contribution is 2.43. The van der Waals surface area contributed by atoms with Gasteiger partial charge in [-0.2, -0.15) is 0 Å². The lowest BCUT2D eigenvalue weighted by Crippen LogP contribution is -2.63. The highest BCUT2D eigenvalue weighted by atomic mass is 33.1. The number of benzene rings is 3. The molecule has 0 aliphatic carbocycles. The Labute approximate surface area is 245 Å². The quantitative estimate of drug-likeness (QED) is 0.282. The van der Waals surface area contributed by atoms with E-state index in [1.807, 2.05) is 30.3 Å². The highest BCUT2D eigenvalue weighted by molar-refractivity contribution is 8.76. The molecule has 1 saturated heterocycles. The van der Waals surface area contributed by atoms with Crippen LogP contribution < -0.4 is 9.47 Å². The zero-order valence-electron chi connectivity index (χ0n) is 22.7. The molecule has 3 aromatic carbocycles. The number of Topliss-reactive ketones (excluding diaryl/α,β-unsaturated/α-hetero) is 1. The number of phenols is 1. The first kappa shape index (κ1) is 30.0. The number of ketones is 1. The average Bonchev–Trinajstić information content (AvgIpc) is 2.95. The molecule has 0 spiro atoms. The van der Waals surface area contributed by atoms with Gasteiger partial charge in [0.05, 0.1) is 24.2 Å². The molecule has 0 unspecified atom stereocenters. The Hall–Kier alpha value is -2.51. The van der Waals surface area contributed by atoms with E-state index in [1.165, 1.54) is 34.8 Å². The maximum absolute atomic E-state index is 13.3. The molecule has 3 aromatic rings. The Kier molecular flexibility index (Phi) is 9.34. The van der Waals surface area contributed by atoms with Crippen LogP contribution in [0.2, 0.25) is 0 Å². The van der Waals surface area contributed by atoms with E-state index in [1.54, 1.807) is 19.1 Å². The Bertz CT molecular complexity index is 1390. The molecular weight excluding hydrogens is 568 g/mol. The lowest BCUT2D eigenvalue weighted by molar-refractivity contribution is -0.291. The number of hydrogen-bond acceptors (Lipinski definition) is 11. The second-order valence-electron chi connectivity index (χ2n) is 10.4. The number of rotatable bonds is 3. The lowest BCUT2D eigenvalue weighted by atomic mass is 9.86. The molecule has 220 valence electrons. The number of aliphatic hydroxyl groups is 4. The van der Waals surface area contributed by atoms with E-state index in [-0.39, 0.29) is 34.7 Å². The van der Waals surface area contributed by atoms with Crippen LogP contribution in [-0.4, -0.2) is 86.7 Å². The Morgan fingerprint density at radius 1 is 0.976 bits per heavy atom. The molecular formula is C30H34O9S2. The average molecular weight is 603 g/mol. The molecule has 2 aliphatic rings. The summed E-state index contributed by atoms with van der Waals surface area (Å²) in [6.45, 7) is 1.75. The number of methoxy groups -OCH3 is 1. The SMILES string of the molecule is COc1cc2c3c(O)c(c(C)cc3c1)C(=O)CCSSC[C@@H](Cc1ccccc1)[C@@H](O)[C@H]1O[C@H](O2)[C@H](O)[C@@H](O)[C@@H]1O. The normalized spacial score (nSPS) is 29.3. The second kappa shape index (κ2) is 12.8. The predicted octanol–water partition coefficient (Wildman–Crippen LogP) is 3.24. The fourth-order valence-corrected chi connectivity index (χ4v) is 7.84. The Morgan fingerprint density at radius 2 is 1.73 bits per heavy atom. The summed E-state index contributed by atoms with van der Waals surface area (Å²) in [6.07, 6.45) is -8.32. The van der Waals surface area contributed by atoms with Crippen molar-refractivity contribution in [2.45, 2.75) is 56.6 Å². The molecule has 4 bridgehead atoms. The summed E-state index contributed by atoms with van der Waals surface area (Å²) in [4.78, 5) is 13.3. The van der Waals surface area contributed by atoms with Crippen LogP contribution in [0.3, 0.4) is 0 Å². The fraction of sp³-hybridized carbons (Fsp3) is 0.433. The molecule has 2 aliphatic heterocycles. The number of aliphatic hydroxyl groups excluding tert-OH is 4. The van der Waals surface area contributed by atoms with Crippen molar-refractivity contribution < 1.29 is 44.5 Å².